The quantitative estimate of drug-likeness (QED) is 0.197. The molecule has 0 atom stereocenters. The van der Waals surface area contributed by atoms with E-state index in [1.54, 1.807) is 6.08 Å². The van der Waals surface area contributed by atoms with Crippen LogP contribution in [0.25, 0.3) is 6.08 Å². The molecule has 2 amide bonds. The summed E-state index contributed by atoms with van der Waals surface area (Å²) in [7, 11) is 0. The molecule has 1 aliphatic heterocycles. The van der Waals surface area contributed by atoms with E-state index in [1.807, 2.05) is 24.3 Å². The van der Waals surface area contributed by atoms with Gasteiger partial charge in [0.15, 0.2) is 0 Å². The summed E-state index contributed by atoms with van der Waals surface area (Å²) in [6.07, 6.45) is 1.63. The molecule has 0 aromatic heterocycles. The molecule has 1 aliphatic rings. The van der Waals surface area contributed by atoms with E-state index in [9.17, 15) is 24.8 Å². The first-order valence-corrected chi connectivity index (χ1v) is 10.5. The number of hydrogen-bond donors (Lipinski definition) is 2. The molecule has 0 radical (unpaired) electrons. The summed E-state index contributed by atoms with van der Waals surface area (Å²) in [6, 6.07) is 10.8. The maximum Gasteiger partial charge on any atom is 0.271 e. The number of amides is 2. The molecule has 11 heteroatoms. The third kappa shape index (κ3) is 5.23. The van der Waals surface area contributed by atoms with Gasteiger partial charge >= 0.3 is 0 Å². The fourth-order valence-electron chi connectivity index (χ4n) is 2.60. The number of nitro groups is 1. The monoisotopic (exact) mass is 507 g/mol. The molecule has 3 rings (SSSR count). The molecule has 0 unspecified atom stereocenters. The second kappa shape index (κ2) is 9.37. The predicted molar refractivity (Wildman–Crippen MR) is 122 cm³/mol. The van der Waals surface area contributed by atoms with E-state index in [1.165, 1.54) is 4.90 Å². The molecule has 2 N–H and O–H groups in total. The number of nitrogens with one attached hydrogen (secondary N) is 1. The van der Waals surface area contributed by atoms with Crippen molar-refractivity contribution in [1.82, 2.24) is 4.90 Å². The Balaban J connectivity index is 1.64. The Morgan fingerprint density at radius 1 is 1.33 bits per heavy atom. The molecule has 0 aliphatic carbocycles. The van der Waals surface area contributed by atoms with E-state index >= 15 is 0 Å². The van der Waals surface area contributed by atoms with Crippen LogP contribution >= 0.6 is 39.9 Å². The van der Waals surface area contributed by atoms with Crippen molar-refractivity contribution >= 4 is 73.5 Å². The van der Waals surface area contributed by atoms with Crippen molar-refractivity contribution in [1.29, 1.82) is 0 Å². The fourth-order valence-corrected chi connectivity index (χ4v) is 4.33. The first-order chi connectivity index (χ1) is 14.2. The standard InChI is InChI=1S/C19H14BrN3O5S2/c20-12-3-1-2-11(8-12)9-16-18(26)22(19(29)30-16)7-6-17(25)21-14-10-13(23(27)28)4-5-15(14)24/h1-5,8-10,24H,6-7H2,(H,21,25). The van der Waals surface area contributed by atoms with Gasteiger partial charge < -0.3 is 10.4 Å². The summed E-state index contributed by atoms with van der Waals surface area (Å²) in [5.74, 6) is -1.11. The molecule has 154 valence electrons. The lowest BCUT2D eigenvalue weighted by molar-refractivity contribution is -0.384. The highest BCUT2D eigenvalue weighted by molar-refractivity contribution is 9.10. The van der Waals surface area contributed by atoms with Crippen LogP contribution in [0.5, 0.6) is 5.75 Å². The number of rotatable bonds is 6. The number of aromatic hydroxyl groups is 1. The van der Waals surface area contributed by atoms with Crippen LogP contribution < -0.4 is 5.32 Å². The Labute approximate surface area is 189 Å². The van der Waals surface area contributed by atoms with Crippen LogP contribution in [0.1, 0.15) is 12.0 Å². The highest BCUT2D eigenvalue weighted by Gasteiger charge is 2.32. The van der Waals surface area contributed by atoms with Crippen molar-refractivity contribution in [2.75, 3.05) is 11.9 Å². The molecule has 0 spiro atoms. The van der Waals surface area contributed by atoms with Gasteiger partial charge in [-0.05, 0) is 29.8 Å². The molecule has 1 heterocycles. The number of carbonyl (C=O) groups excluding carboxylic acids is 2. The predicted octanol–water partition coefficient (Wildman–Crippen LogP) is 4.29. The number of phenolic OH excluding ortho intramolecular Hbond substituents is 1. The minimum atomic E-state index is -0.632. The SMILES string of the molecule is O=C(CCN1C(=O)C(=Cc2cccc(Br)c2)SC1=S)Nc1cc([N+](=O)[O-])ccc1O. The average Bonchev–Trinajstić information content (AvgIpc) is 2.94. The molecule has 8 nitrogen and oxygen atoms in total. The Hall–Kier alpha value is -2.76. The van der Waals surface area contributed by atoms with Crippen molar-refractivity contribution < 1.29 is 19.6 Å². The van der Waals surface area contributed by atoms with Crippen LogP contribution in [0.4, 0.5) is 11.4 Å². The number of carbonyl (C=O) groups is 2. The lowest BCUT2D eigenvalue weighted by Gasteiger charge is -2.14. The zero-order valence-corrected chi connectivity index (χ0v) is 18.4. The van der Waals surface area contributed by atoms with Crippen LogP contribution in [0, 0.1) is 10.1 Å². The number of thioether (sulfide) groups is 1. The molecule has 1 saturated heterocycles. The minimum absolute atomic E-state index is 0.0437. The molecule has 2 aromatic carbocycles. The van der Waals surface area contributed by atoms with Gasteiger partial charge in [-0.15, -0.1) is 0 Å². The lowest BCUT2D eigenvalue weighted by atomic mass is 10.2. The van der Waals surface area contributed by atoms with E-state index < -0.39 is 10.8 Å². The number of non-ortho nitro benzene ring substituents is 1. The maximum absolute atomic E-state index is 12.6. The van der Waals surface area contributed by atoms with Crippen LogP contribution in [-0.4, -0.2) is 37.6 Å². The van der Waals surface area contributed by atoms with Gasteiger partial charge in [-0.1, -0.05) is 52.0 Å². The van der Waals surface area contributed by atoms with Crippen molar-refractivity contribution in [3.05, 3.63) is 67.5 Å². The van der Waals surface area contributed by atoms with Crippen LogP contribution in [0.15, 0.2) is 51.8 Å². The topological polar surface area (TPSA) is 113 Å². The summed E-state index contributed by atoms with van der Waals surface area (Å²) in [5.41, 5.74) is 0.496. The van der Waals surface area contributed by atoms with Crippen molar-refractivity contribution in [2.24, 2.45) is 0 Å². The third-order valence-electron chi connectivity index (χ3n) is 4.05. The molecule has 0 bridgehead atoms. The number of anilines is 1. The van der Waals surface area contributed by atoms with Gasteiger partial charge in [-0.3, -0.25) is 24.6 Å². The van der Waals surface area contributed by atoms with Crippen LogP contribution in [0.3, 0.4) is 0 Å². The maximum atomic E-state index is 12.6. The molecule has 2 aromatic rings. The lowest BCUT2D eigenvalue weighted by Crippen LogP contribution is -2.31. The zero-order valence-electron chi connectivity index (χ0n) is 15.2. The van der Waals surface area contributed by atoms with Gasteiger partial charge in [-0.25, -0.2) is 0 Å². The van der Waals surface area contributed by atoms with Crippen molar-refractivity contribution in [2.45, 2.75) is 6.42 Å². The number of halogens is 1. The molecule has 0 saturated carbocycles. The molecular weight excluding hydrogens is 494 g/mol. The van der Waals surface area contributed by atoms with Gasteiger partial charge in [0.25, 0.3) is 11.6 Å². The van der Waals surface area contributed by atoms with E-state index in [0.717, 1.165) is 40.0 Å². The number of hydrogen-bond acceptors (Lipinski definition) is 7. The van der Waals surface area contributed by atoms with Crippen LogP contribution in [-0.2, 0) is 9.59 Å². The first kappa shape index (κ1) is 21.9. The van der Waals surface area contributed by atoms with Gasteiger partial charge in [0.1, 0.15) is 10.1 Å². The van der Waals surface area contributed by atoms with Gasteiger partial charge in [0, 0.05) is 29.6 Å². The Morgan fingerprint density at radius 3 is 2.80 bits per heavy atom. The number of phenols is 1. The minimum Gasteiger partial charge on any atom is -0.506 e. The smallest absolute Gasteiger partial charge is 0.271 e. The summed E-state index contributed by atoms with van der Waals surface area (Å²) < 4.78 is 1.22. The Morgan fingerprint density at radius 2 is 2.10 bits per heavy atom. The van der Waals surface area contributed by atoms with Crippen molar-refractivity contribution in [3.63, 3.8) is 0 Å². The van der Waals surface area contributed by atoms with E-state index in [4.69, 9.17) is 12.2 Å². The van der Waals surface area contributed by atoms with E-state index in [0.29, 0.717) is 9.23 Å². The number of benzene rings is 2. The van der Waals surface area contributed by atoms with Crippen molar-refractivity contribution in [3.8, 4) is 5.75 Å². The number of thiocarbonyl (C=S) groups is 1. The second-order valence-corrected chi connectivity index (χ2v) is 8.74. The van der Waals surface area contributed by atoms with Gasteiger partial charge in [0.2, 0.25) is 5.91 Å². The number of nitro benzene ring substituents is 1. The summed E-state index contributed by atoms with van der Waals surface area (Å²) in [5, 5.41) is 23.0. The first-order valence-electron chi connectivity index (χ1n) is 8.53. The fraction of sp³-hybridized carbons (Fsp3) is 0.105. The zero-order chi connectivity index (χ0) is 21.8. The van der Waals surface area contributed by atoms with Gasteiger partial charge in [-0.2, -0.15) is 0 Å². The summed E-state index contributed by atoms with van der Waals surface area (Å²) in [4.78, 5) is 36.9. The summed E-state index contributed by atoms with van der Waals surface area (Å²) in [6.45, 7) is 0.0437. The van der Waals surface area contributed by atoms with E-state index in [-0.39, 0.29) is 36.0 Å². The normalized spacial score (nSPS) is 15.0. The third-order valence-corrected chi connectivity index (χ3v) is 5.92. The Kier molecular flexibility index (Phi) is 6.85. The second-order valence-electron chi connectivity index (χ2n) is 6.15. The molecular formula is C19H14BrN3O5S2. The summed E-state index contributed by atoms with van der Waals surface area (Å²) >= 11 is 9.79. The Bertz CT molecular complexity index is 1090. The van der Waals surface area contributed by atoms with Gasteiger partial charge in [0.05, 0.1) is 15.5 Å². The highest BCUT2D eigenvalue weighted by atomic mass is 79.9. The van der Waals surface area contributed by atoms with Crippen LogP contribution in [0.2, 0.25) is 0 Å². The van der Waals surface area contributed by atoms with E-state index in [2.05, 4.69) is 21.2 Å². The number of nitrogens with zero attached hydrogens (tertiary/aromatic N) is 2. The molecule has 1 fully saturated rings. The molecule has 30 heavy (non-hydrogen) atoms. The average molecular weight is 508 g/mol. The highest BCUT2D eigenvalue weighted by Crippen LogP contribution is 2.33. The largest absolute Gasteiger partial charge is 0.506 e.